The first-order chi connectivity index (χ1) is 10.8. The molecule has 1 aliphatic rings. The number of carbonyl (C=O) groups is 1. The van der Waals surface area contributed by atoms with E-state index in [4.69, 9.17) is 23.2 Å². The molecule has 23 heavy (non-hydrogen) atoms. The number of hydrogen-bond acceptors (Lipinski definition) is 5. The van der Waals surface area contributed by atoms with E-state index in [1.165, 1.54) is 23.5 Å². The van der Waals surface area contributed by atoms with Crippen LogP contribution in [0, 0.1) is 0 Å². The minimum Gasteiger partial charge on any atom is -0.469 e. The molecule has 0 aromatic heterocycles. The van der Waals surface area contributed by atoms with Gasteiger partial charge in [-0.2, -0.15) is 4.31 Å². The summed E-state index contributed by atoms with van der Waals surface area (Å²) in [5.74, 6) is -0.272. The van der Waals surface area contributed by atoms with Crippen LogP contribution in [-0.4, -0.2) is 63.4 Å². The number of carbonyl (C=O) groups excluding carboxylic acids is 1. The fourth-order valence-electron chi connectivity index (χ4n) is 2.36. The quantitative estimate of drug-likeness (QED) is 0.729. The molecular weight excluding hydrogens is 363 g/mol. The second-order valence-electron chi connectivity index (χ2n) is 5.15. The number of nitrogens with zero attached hydrogens (tertiary/aromatic N) is 2. The molecule has 1 aromatic carbocycles. The fourth-order valence-corrected chi connectivity index (χ4v) is 4.52. The van der Waals surface area contributed by atoms with E-state index in [0.717, 1.165) is 0 Å². The van der Waals surface area contributed by atoms with E-state index >= 15 is 0 Å². The predicted octanol–water partition coefficient (Wildman–Crippen LogP) is 1.86. The minimum absolute atomic E-state index is 0.0228. The summed E-state index contributed by atoms with van der Waals surface area (Å²) in [6.07, 6.45) is 0.295. The molecule has 0 atom stereocenters. The maximum atomic E-state index is 12.7. The second kappa shape index (κ2) is 7.81. The predicted molar refractivity (Wildman–Crippen MR) is 88.3 cm³/mol. The molecule has 1 aliphatic heterocycles. The summed E-state index contributed by atoms with van der Waals surface area (Å²) in [4.78, 5) is 13.2. The van der Waals surface area contributed by atoms with Crippen molar-refractivity contribution in [2.24, 2.45) is 0 Å². The van der Waals surface area contributed by atoms with Crippen molar-refractivity contribution in [3.63, 3.8) is 0 Å². The molecule has 128 valence electrons. The van der Waals surface area contributed by atoms with Crippen LogP contribution in [0.25, 0.3) is 0 Å². The smallest absolute Gasteiger partial charge is 0.306 e. The molecule has 6 nitrogen and oxygen atoms in total. The molecule has 0 bridgehead atoms. The lowest BCUT2D eigenvalue weighted by molar-refractivity contribution is -0.141. The van der Waals surface area contributed by atoms with Crippen molar-refractivity contribution in [1.82, 2.24) is 9.21 Å². The highest BCUT2D eigenvalue weighted by atomic mass is 35.5. The van der Waals surface area contributed by atoms with Crippen LogP contribution in [0.2, 0.25) is 10.0 Å². The van der Waals surface area contributed by atoms with E-state index in [2.05, 4.69) is 4.74 Å². The molecule has 1 aromatic rings. The van der Waals surface area contributed by atoms with E-state index in [9.17, 15) is 13.2 Å². The molecule has 0 spiro atoms. The highest BCUT2D eigenvalue weighted by Gasteiger charge is 2.30. The van der Waals surface area contributed by atoms with Gasteiger partial charge in [0.25, 0.3) is 0 Å². The zero-order chi connectivity index (χ0) is 17.0. The molecule has 0 aliphatic carbocycles. The van der Waals surface area contributed by atoms with Crippen molar-refractivity contribution in [3.8, 4) is 0 Å². The zero-order valence-electron chi connectivity index (χ0n) is 12.7. The van der Waals surface area contributed by atoms with E-state index in [-0.39, 0.29) is 15.9 Å². The summed E-state index contributed by atoms with van der Waals surface area (Å²) >= 11 is 11.9. The van der Waals surface area contributed by atoms with Crippen molar-refractivity contribution in [1.29, 1.82) is 0 Å². The van der Waals surface area contributed by atoms with Crippen LogP contribution in [-0.2, 0) is 19.6 Å². The standard InChI is InChI=1S/C14H18Cl2N2O4S/c1-22-14(19)4-5-17-6-8-18(9-7-17)23(20,21)13-10-11(15)2-3-12(13)16/h2-3,10H,4-9H2,1H3. The maximum Gasteiger partial charge on any atom is 0.306 e. The third-order valence-corrected chi connectivity index (χ3v) is 6.32. The van der Waals surface area contributed by atoms with Crippen molar-refractivity contribution in [2.45, 2.75) is 11.3 Å². The largest absolute Gasteiger partial charge is 0.469 e. The van der Waals surface area contributed by atoms with Gasteiger partial charge in [-0.1, -0.05) is 23.2 Å². The van der Waals surface area contributed by atoms with Crippen LogP contribution in [0.15, 0.2) is 23.1 Å². The highest BCUT2D eigenvalue weighted by Crippen LogP contribution is 2.28. The molecule has 1 heterocycles. The van der Waals surface area contributed by atoms with E-state index < -0.39 is 10.0 Å². The number of piperazine rings is 1. The number of methoxy groups -OCH3 is 1. The van der Waals surface area contributed by atoms with Crippen LogP contribution >= 0.6 is 23.2 Å². The van der Waals surface area contributed by atoms with Gasteiger partial charge in [0.2, 0.25) is 10.0 Å². The Kier molecular flexibility index (Phi) is 6.27. The molecule has 0 unspecified atom stereocenters. The van der Waals surface area contributed by atoms with Crippen LogP contribution in [0.3, 0.4) is 0 Å². The summed E-state index contributed by atoms with van der Waals surface area (Å²) in [5.41, 5.74) is 0. The lowest BCUT2D eigenvalue weighted by Gasteiger charge is -2.33. The molecule has 9 heteroatoms. The van der Waals surface area contributed by atoms with Crippen molar-refractivity contribution >= 4 is 39.2 Å². The van der Waals surface area contributed by atoms with E-state index in [1.807, 2.05) is 4.90 Å². The van der Waals surface area contributed by atoms with Crippen LogP contribution < -0.4 is 0 Å². The molecule has 0 saturated carbocycles. The normalized spacial score (nSPS) is 17.2. The Morgan fingerprint density at radius 3 is 2.48 bits per heavy atom. The summed E-state index contributed by atoms with van der Waals surface area (Å²) in [5, 5.41) is 0.479. The average Bonchev–Trinajstić information content (AvgIpc) is 2.55. The van der Waals surface area contributed by atoms with Gasteiger partial charge in [0.05, 0.1) is 18.6 Å². The van der Waals surface area contributed by atoms with Gasteiger partial charge in [0.15, 0.2) is 0 Å². The molecular formula is C14H18Cl2N2O4S. The number of esters is 1. The minimum atomic E-state index is -3.68. The topological polar surface area (TPSA) is 66.9 Å². The van der Waals surface area contributed by atoms with E-state index in [0.29, 0.717) is 44.2 Å². The molecule has 1 fully saturated rings. The first-order valence-corrected chi connectivity index (χ1v) is 9.28. The summed E-state index contributed by atoms with van der Waals surface area (Å²) in [6.45, 7) is 2.33. The molecule has 1 saturated heterocycles. The number of rotatable bonds is 5. The maximum absolute atomic E-state index is 12.7. The lowest BCUT2D eigenvalue weighted by Crippen LogP contribution is -2.49. The molecule has 0 amide bonds. The van der Waals surface area contributed by atoms with Crippen LogP contribution in [0.4, 0.5) is 0 Å². The first-order valence-electron chi connectivity index (χ1n) is 7.09. The van der Waals surface area contributed by atoms with Gasteiger partial charge in [-0.25, -0.2) is 8.42 Å². The molecule has 0 N–H and O–H groups in total. The Hall–Kier alpha value is -0.860. The number of sulfonamides is 1. The Labute approximate surface area is 146 Å². The van der Waals surface area contributed by atoms with Crippen LogP contribution in [0.1, 0.15) is 6.42 Å². The van der Waals surface area contributed by atoms with Crippen molar-refractivity contribution in [3.05, 3.63) is 28.2 Å². The average molecular weight is 381 g/mol. The van der Waals surface area contributed by atoms with Gasteiger partial charge in [-0.3, -0.25) is 4.79 Å². The summed E-state index contributed by atoms with van der Waals surface area (Å²) < 4.78 is 31.3. The van der Waals surface area contributed by atoms with Gasteiger partial charge in [-0.05, 0) is 18.2 Å². The number of hydrogen-bond donors (Lipinski definition) is 0. The number of halogens is 2. The lowest BCUT2D eigenvalue weighted by atomic mass is 10.3. The van der Waals surface area contributed by atoms with Gasteiger partial charge in [0, 0.05) is 37.7 Å². The van der Waals surface area contributed by atoms with E-state index in [1.54, 1.807) is 6.07 Å². The summed E-state index contributed by atoms with van der Waals surface area (Å²) in [7, 11) is -2.33. The first kappa shape index (κ1) is 18.5. The monoisotopic (exact) mass is 380 g/mol. The van der Waals surface area contributed by atoms with Gasteiger partial charge >= 0.3 is 5.97 Å². The highest BCUT2D eigenvalue weighted by molar-refractivity contribution is 7.89. The molecule has 2 rings (SSSR count). The summed E-state index contributed by atoms with van der Waals surface area (Å²) in [6, 6.07) is 4.39. The Morgan fingerprint density at radius 1 is 1.22 bits per heavy atom. The number of ether oxygens (including phenoxy) is 1. The zero-order valence-corrected chi connectivity index (χ0v) is 15.0. The Balaban J connectivity index is 2.01. The van der Waals surface area contributed by atoms with Gasteiger partial charge in [-0.15, -0.1) is 0 Å². The Bertz CT molecular complexity index is 673. The second-order valence-corrected chi connectivity index (χ2v) is 7.90. The van der Waals surface area contributed by atoms with Crippen molar-refractivity contribution < 1.29 is 17.9 Å². The third kappa shape index (κ3) is 4.58. The van der Waals surface area contributed by atoms with Gasteiger partial charge < -0.3 is 9.64 Å². The fraction of sp³-hybridized carbons (Fsp3) is 0.500. The Morgan fingerprint density at radius 2 is 1.87 bits per heavy atom. The SMILES string of the molecule is COC(=O)CCN1CCN(S(=O)(=O)c2cc(Cl)ccc2Cl)CC1. The van der Waals surface area contributed by atoms with Crippen molar-refractivity contribution in [2.75, 3.05) is 39.8 Å². The third-order valence-electron chi connectivity index (χ3n) is 3.70. The van der Waals surface area contributed by atoms with Crippen LogP contribution in [0.5, 0.6) is 0 Å². The van der Waals surface area contributed by atoms with Gasteiger partial charge in [0.1, 0.15) is 4.90 Å². The number of benzene rings is 1. The molecule has 0 radical (unpaired) electrons.